The Bertz CT molecular complexity index is 391. The van der Waals surface area contributed by atoms with Crippen LogP contribution in [0.1, 0.15) is 32.4 Å². The Morgan fingerprint density at radius 2 is 2.06 bits per heavy atom. The van der Waals surface area contributed by atoms with Crippen LogP contribution in [0.2, 0.25) is 5.02 Å². The molecule has 0 bridgehead atoms. The molecule has 0 fully saturated rings. The van der Waals surface area contributed by atoms with Crippen LogP contribution in [0.25, 0.3) is 0 Å². The molecular formula is C12H18BrClN2OS. The van der Waals surface area contributed by atoms with Crippen molar-refractivity contribution in [2.45, 2.75) is 31.6 Å². The Hall–Kier alpha value is 0.220. The molecule has 0 amide bonds. The van der Waals surface area contributed by atoms with Crippen molar-refractivity contribution in [2.75, 3.05) is 6.54 Å². The van der Waals surface area contributed by atoms with Gasteiger partial charge in [-0.2, -0.15) is 0 Å². The van der Waals surface area contributed by atoms with Gasteiger partial charge in [-0.25, -0.2) is 0 Å². The molecule has 0 unspecified atom stereocenters. The molecule has 2 atom stereocenters. The van der Waals surface area contributed by atoms with Gasteiger partial charge < -0.3 is 10.3 Å². The van der Waals surface area contributed by atoms with E-state index in [4.69, 9.17) is 17.3 Å². The molecule has 1 aromatic rings. The van der Waals surface area contributed by atoms with E-state index in [9.17, 15) is 4.55 Å². The molecule has 0 heterocycles. The SMILES string of the molecule is CC(C)(C)[S@@+]([O-])N[C@@H](CN)c1cc(Cl)cc(Br)c1. The summed E-state index contributed by atoms with van der Waals surface area (Å²) in [6.45, 7) is 6.10. The average molecular weight is 354 g/mol. The molecule has 6 heteroatoms. The van der Waals surface area contributed by atoms with Crippen LogP contribution in [0.15, 0.2) is 22.7 Å². The first-order valence-electron chi connectivity index (χ1n) is 5.58. The van der Waals surface area contributed by atoms with Gasteiger partial charge in [-0.3, -0.25) is 0 Å². The van der Waals surface area contributed by atoms with Gasteiger partial charge in [0.25, 0.3) is 0 Å². The summed E-state index contributed by atoms with van der Waals surface area (Å²) >= 11 is 8.22. The van der Waals surface area contributed by atoms with Crippen molar-refractivity contribution >= 4 is 38.9 Å². The van der Waals surface area contributed by atoms with Gasteiger partial charge in [-0.15, -0.1) is 4.72 Å². The van der Waals surface area contributed by atoms with E-state index >= 15 is 0 Å². The molecule has 3 nitrogen and oxygen atoms in total. The molecule has 18 heavy (non-hydrogen) atoms. The van der Waals surface area contributed by atoms with Gasteiger partial charge >= 0.3 is 0 Å². The molecule has 0 radical (unpaired) electrons. The third-order valence-corrected chi connectivity index (χ3v) is 4.62. The molecule has 0 aliphatic heterocycles. The Morgan fingerprint density at radius 1 is 1.44 bits per heavy atom. The van der Waals surface area contributed by atoms with Crippen molar-refractivity contribution in [2.24, 2.45) is 5.73 Å². The van der Waals surface area contributed by atoms with Gasteiger partial charge in [0.1, 0.15) is 4.75 Å². The van der Waals surface area contributed by atoms with E-state index in [0.717, 1.165) is 10.0 Å². The summed E-state index contributed by atoms with van der Waals surface area (Å²) < 4.78 is 15.7. The fraction of sp³-hybridized carbons (Fsp3) is 0.500. The van der Waals surface area contributed by atoms with Crippen molar-refractivity contribution in [1.29, 1.82) is 0 Å². The molecule has 0 aliphatic rings. The van der Waals surface area contributed by atoms with Gasteiger partial charge in [0, 0.05) is 27.4 Å². The molecule has 0 saturated heterocycles. The van der Waals surface area contributed by atoms with Gasteiger partial charge in [-0.1, -0.05) is 27.5 Å². The van der Waals surface area contributed by atoms with Crippen molar-refractivity contribution in [3.05, 3.63) is 33.3 Å². The molecule has 0 saturated carbocycles. The van der Waals surface area contributed by atoms with Gasteiger partial charge in [0.15, 0.2) is 0 Å². The minimum atomic E-state index is -1.17. The van der Waals surface area contributed by atoms with Crippen LogP contribution in [0, 0.1) is 0 Å². The lowest BCUT2D eigenvalue weighted by Gasteiger charge is -2.27. The molecule has 1 aromatic carbocycles. The van der Waals surface area contributed by atoms with Crippen LogP contribution in [0.4, 0.5) is 0 Å². The average Bonchev–Trinajstić information content (AvgIpc) is 2.22. The molecule has 0 aromatic heterocycles. The third kappa shape index (κ3) is 4.72. The van der Waals surface area contributed by atoms with Gasteiger partial charge in [0.2, 0.25) is 0 Å². The van der Waals surface area contributed by atoms with Crippen LogP contribution in [-0.4, -0.2) is 15.8 Å². The summed E-state index contributed by atoms with van der Waals surface area (Å²) in [4.78, 5) is 0. The topological polar surface area (TPSA) is 61.1 Å². The first kappa shape index (κ1) is 16.3. The summed E-state index contributed by atoms with van der Waals surface area (Å²) in [5.74, 6) is 0. The zero-order valence-corrected chi connectivity index (χ0v) is 13.8. The number of hydrogen-bond donors (Lipinski definition) is 2. The summed E-state index contributed by atoms with van der Waals surface area (Å²) in [6.07, 6.45) is 0. The Morgan fingerprint density at radius 3 is 2.50 bits per heavy atom. The number of benzene rings is 1. The lowest BCUT2D eigenvalue weighted by Crippen LogP contribution is -2.43. The van der Waals surface area contributed by atoms with Crippen LogP contribution in [0.5, 0.6) is 0 Å². The first-order valence-corrected chi connectivity index (χ1v) is 7.90. The molecular weight excluding hydrogens is 336 g/mol. The predicted molar refractivity (Wildman–Crippen MR) is 82.0 cm³/mol. The van der Waals surface area contributed by atoms with Gasteiger partial charge in [0.05, 0.1) is 6.04 Å². The minimum absolute atomic E-state index is 0.181. The zero-order chi connectivity index (χ0) is 13.9. The van der Waals surface area contributed by atoms with E-state index in [1.54, 1.807) is 6.07 Å². The largest absolute Gasteiger partial charge is 0.598 e. The number of nitrogens with one attached hydrogen (secondary N) is 1. The standard InChI is InChI=1S/C12H18BrClN2OS/c1-12(2,3)18(17)16-11(7-15)8-4-9(13)6-10(14)5-8/h4-6,11,16H,7,15H2,1-3H3/t11-,18+/m0/s1. The maximum absolute atomic E-state index is 12.1. The van der Waals surface area contributed by atoms with E-state index in [1.807, 2.05) is 32.9 Å². The van der Waals surface area contributed by atoms with E-state index < -0.39 is 11.4 Å². The number of halogens is 2. The van der Waals surface area contributed by atoms with E-state index in [1.165, 1.54) is 0 Å². The maximum Gasteiger partial charge on any atom is 0.136 e. The van der Waals surface area contributed by atoms with Crippen molar-refractivity contribution in [3.63, 3.8) is 0 Å². The summed E-state index contributed by atoms with van der Waals surface area (Å²) in [5.41, 5.74) is 6.67. The third-order valence-electron chi connectivity index (χ3n) is 2.33. The Kier molecular flexibility index (Phi) is 5.96. The normalized spacial score (nSPS) is 15.5. The zero-order valence-electron chi connectivity index (χ0n) is 10.7. The number of hydrogen-bond acceptors (Lipinski definition) is 3. The second-order valence-electron chi connectivity index (χ2n) is 4.99. The van der Waals surface area contributed by atoms with Crippen LogP contribution < -0.4 is 10.5 Å². The fourth-order valence-corrected chi connectivity index (χ4v) is 3.07. The van der Waals surface area contributed by atoms with E-state index in [-0.39, 0.29) is 10.8 Å². The number of nitrogens with two attached hydrogens (primary N) is 1. The second kappa shape index (κ2) is 6.59. The van der Waals surface area contributed by atoms with E-state index in [0.29, 0.717) is 11.6 Å². The summed E-state index contributed by atoms with van der Waals surface area (Å²) in [7, 11) is 0. The fourth-order valence-electron chi connectivity index (χ4n) is 1.33. The quantitative estimate of drug-likeness (QED) is 0.817. The van der Waals surface area contributed by atoms with Crippen molar-refractivity contribution in [3.8, 4) is 0 Å². The Balaban J connectivity index is 2.89. The Labute approximate surface area is 125 Å². The number of rotatable bonds is 4. The van der Waals surface area contributed by atoms with Crippen LogP contribution in [0.3, 0.4) is 0 Å². The molecule has 1 rings (SSSR count). The highest BCUT2D eigenvalue weighted by molar-refractivity contribution is 9.10. The lowest BCUT2D eigenvalue weighted by atomic mass is 10.1. The monoisotopic (exact) mass is 352 g/mol. The molecule has 0 aliphatic carbocycles. The van der Waals surface area contributed by atoms with Crippen molar-refractivity contribution in [1.82, 2.24) is 4.72 Å². The van der Waals surface area contributed by atoms with Crippen molar-refractivity contribution < 1.29 is 4.55 Å². The maximum atomic E-state index is 12.1. The van der Waals surface area contributed by atoms with Crippen LogP contribution in [-0.2, 0) is 11.4 Å². The predicted octanol–water partition coefficient (Wildman–Crippen LogP) is 3.15. The lowest BCUT2D eigenvalue weighted by molar-refractivity contribution is 0.525. The van der Waals surface area contributed by atoms with Crippen LogP contribution >= 0.6 is 27.5 Å². The summed E-state index contributed by atoms with van der Waals surface area (Å²) in [5, 5.41) is 0.626. The smallest absolute Gasteiger partial charge is 0.136 e. The molecule has 0 spiro atoms. The summed E-state index contributed by atoms with van der Waals surface area (Å²) in [6, 6.07) is 5.38. The molecule has 102 valence electrons. The highest BCUT2D eigenvalue weighted by atomic mass is 79.9. The first-order chi connectivity index (χ1) is 8.24. The van der Waals surface area contributed by atoms with E-state index in [2.05, 4.69) is 20.7 Å². The highest BCUT2D eigenvalue weighted by Gasteiger charge is 2.29. The molecule has 3 N–H and O–H groups in total. The second-order valence-corrected chi connectivity index (χ2v) is 8.34. The highest BCUT2D eigenvalue weighted by Crippen LogP contribution is 2.25. The minimum Gasteiger partial charge on any atom is -0.598 e. The van der Waals surface area contributed by atoms with Gasteiger partial charge in [-0.05, 0) is 44.5 Å².